The third-order valence-electron chi connectivity index (χ3n) is 5.25. The molecule has 170 valence electrons. The average molecular weight is 411 g/mol. The normalized spacial score (nSPS) is 12.3. The summed E-state index contributed by atoms with van der Waals surface area (Å²) in [4.78, 5) is 22.3. The molecule has 0 saturated heterocycles. The third-order valence-corrected chi connectivity index (χ3v) is 5.25. The first-order chi connectivity index (χ1) is 14.1. The van der Waals surface area contributed by atoms with Gasteiger partial charge in [-0.05, 0) is 51.4 Å². The van der Waals surface area contributed by atoms with Gasteiger partial charge in [-0.1, -0.05) is 70.4 Å². The topological polar surface area (TPSA) is 92.4 Å². The van der Waals surface area contributed by atoms with Crippen LogP contribution >= 0.6 is 0 Å². The second-order valence-corrected chi connectivity index (χ2v) is 8.12. The maximum Gasteiger partial charge on any atom is 0.320 e. The minimum Gasteiger partial charge on any atom is -0.480 e. The molecule has 1 atom stereocenters. The predicted molar refractivity (Wildman–Crippen MR) is 122 cm³/mol. The molecular weight excluding hydrogens is 364 g/mol. The molecule has 0 unspecified atom stereocenters. The molecule has 0 fully saturated rings. The van der Waals surface area contributed by atoms with E-state index in [1.807, 2.05) is 0 Å². The van der Waals surface area contributed by atoms with E-state index in [0.717, 1.165) is 25.7 Å². The molecule has 0 aliphatic rings. The molecule has 0 aromatic rings. The average Bonchev–Trinajstić information content (AvgIpc) is 2.70. The molecule has 0 heterocycles. The molecule has 0 aliphatic carbocycles. The maximum atomic E-state index is 11.7. The van der Waals surface area contributed by atoms with Crippen LogP contribution < -0.4 is 11.1 Å². The number of rotatable bonds is 21. The van der Waals surface area contributed by atoms with Crippen molar-refractivity contribution in [2.45, 2.75) is 122 Å². The number of carbonyl (C=O) groups is 2. The Hall–Kier alpha value is -1.36. The molecule has 0 spiro atoms. The van der Waals surface area contributed by atoms with Crippen LogP contribution in [-0.4, -0.2) is 29.6 Å². The molecule has 29 heavy (non-hydrogen) atoms. The number of carboxylic acids is 1. The van der Waals surface area contributed by atoms with Crippen molar-refractivity contribution in [1.29, 1.82) is 0 Å². The molecule has 0 rings (SSSR count). The molecule has 1 amide bonds. The summed E-state index contributed by atoms with van der Waals surface area (Å²) in [5.41, 5.74) is 5.44. The van der Waals surface area contributed by atoms with E-state index >= 15 is 0 Å². The lowest BCUT2D eigenvalue weighted by molar-refractivity contribution is -0.138. The number of hydrogen-bond donors (Lipinski definition) is 3. The van der Waals surface area contributed by atoms with Crippen molar-refractivity contribution in [3.05, 3.63) is 12.2 Å². The molecule has 0 aliphatic heterocycles. The number of unbranched alkanes of at least 4 members (excludes halogenated alkanes) is 12. The van der Waals surface area contributed by atoms with Gasteiger partial charge in [-0.2, -0.15) is 0 Å². The van der Waals surface area contributed by atoms with Crippen LogP contribution in [0.2, 0.25) is 0 Å². The highest BCUT2D eigenvalue weighted by Gasteiger charge is 2.10. The first-order valence-electron chi connectivity index (χ1n) is 12.0. The molecular formula is C24H46N2O3. The standard InChI is InChI=1S/C24H46N2O3/c1-2-3-4-5-6-7-8-9-10-11-12-13-14-15-16-20-23(27)26-21-18-17-19-22(25)24(28)29/h9-10,22H,2-8,11-21,25H2,1H3,(H,26,27)(H,28,29)/b10-9+/t22-/m0/s1. The Bertz CT molecular complexity index is 424. The zero-order valence-corrected chi connectivity index (χ0v) is 18.8. The van der Waals surface area contributed by atoms with Crippen molar-refractivity contribution in [3.8, 4) is 0 Å². The van der Waals surface area contributed by atoms with Gasteiger partial charge in [0.1, 0.15) is 6.04 Å². The van der Waals surface area contributed by atoms with Crippen LogP contribution in [0.5, 0.6) is 0 Å². The van der Waals surface area contributed by atoms with Crippen LogP contribution in [0.3, 0.4) is 0 Å². The van der Waals surface area contributed by atoms with Crippen LogP contribution in [0.1, 0.15) is 116 Å². The SMILES string of the molecule is CCCCCCCC/C=C/CCCCCCCC(=O)NCCCC[C@H](N)C(=O)O. The van der Waals surface area contributed by atoms with E-state index in [9.17, 15) is 9.59 Å². The van der Waals surface area contributed by atoms with Crippen molar-refractivity contribution < 1.29 is 14.7 Å². The fourth-order valence-electron chi connectivity index (χ4n) is 3.29. The third kappa shape index (κ3) is 21.2. The van der Waals surface area contributed by atoms with Gasteiger partial charge in [-0.25, -0.2) is 0 Å². The molecule has 0 radical (unpaired) electrons. The summed E-state index contributed by atoms with van der Waals surface area (Å²) in [5, 5.41) is 11.6. The Kier molecular flexibility index (Phi) is 20.3. The lowest BCUT2D eigenvalue weighted by atomic mass is 10.1. The van der Waals surface area contributed by atoms with Crippen LogP contribution in [0.15, 0.2) is 12.2 Å². The van der Waals surface area contributed by atoms with Crippen LogP contribution in [-0.2, 0) is 9.59 Å². The van der Waals surface area contributed by atoms with E-state index < -0.39 is 12.0 Å². The van der Waals surface area contributed by atoms with Crippen molar-refractivity contribution in [2.75, 3.05) is 6.54 Å². The molecule has 0 aromatic heterocycles. The van der Waals surface area contributed by atoms with Gasteiger partial charge < -0.3 is 16.2 Å². The Balaban J connectivity index is 3.28. The summed E-state index contributed by atoms with van der Waals surface area (Å²) in [7, 11) is 0. The van der Waals surface area contributed by atoms with Gasteiger partial charge in [0, 0.05) is 13.0 Å². The first-order valence-corrected chi connectivity index (χ1v) is 12.0. The zero-order chi connectivity index (χ0) is 21.6. The summed E-state index contributed by atoms with van der Waals surface area (Å²) >= 11 is 0. The summed E-state index contributed by atoms with van der Waals surface area (Å²) in [6, 6.07) is -0.790. The van der Waals surface area contributed by atoms with E-state index in [2.05, 4.69) is 24.4 Å². The summed E-state index contributed by atoms with van der Waals surface area (Å²) < 4.78 is 0. The van der Waals surface area contributed by atoms with Crippen LogP contribution in [0, 0.1) is 0 Å². The molecule has 5 heteroatoms. The number of nitrogens with one attached hydrogen (secondary N) is 1. The molecule has 0 saturated carbocycles. The highest BCUT2D eigenvalue weighted by atomic mass is 16.4. The fourth-order valence-corrected chi connectivity index (χ4v) is 3.29. The number of carboxylic acid groups (broad SMARTS) is 1. The quantitative estimate of drug-likeness (QED) is 0.167. The Morgan fingerprint density at radius 2 is 1.38 bits per heavy atom. The lowest BCUT2D eigenvalue weighted by Gasteiger charge is -2.07. The summed E-state index contributed by atoms with van der Waals surface area (Å²) in [6.07, 6.45) is 23.6. The smallest absolute Gasteiger partial charge is 0.320 e. The minimum absolute atomic E-state index is 0.102. The summed E-state index contributed by atoms with van der Waals surface area (Å²) in [6.45, 7) is 2.87. The Labute approximate surface area is 178 Å². The second-order valence-electron chi connectivity index (χ2n) is 8.12. The fraction of sp³-hybridized carbons (Fsp3) is 0.833. The van der Waals surface area contributed by atoms with E-state index in [1.54, 1.807) is 0 Å². The molecule has 5 nitrogen and oxygen atoms in total. The molecule has 4 N–H and O–H groups in total. The van der Waals surface area contributed by atoms with Gasteiger partial charge in [-0.15, -0.1) is 0 Å². The van der Waals surface area contributed by atoms with Crippen molar-refractivity contribution in [3.63, 3.8) is 0 Å². The van der Waals surface area contributed by atoms with Crippen LogP contribution in [0.25, 0.3) is 0 Å². The number of hydrogen-bond acceptors (Lipinski definition) is 3. The number of aliphatic carboxylic acids is 1. The first kappa shape index (κ1) is 27.6. The van der Waals surface area contributed by atoms with E-state index in [-0.39, 0.29) is 5.91 Å². The van der Waals surface area contributed by atoms with Gasteiger partial charge in [0.25, 0.3) is 0 Å². The highest BCUT2D eigenvalue weighted by Crippen LogP contribution is 2.10. The molecule has 0 bridgehead atoms. The largest absolute Gasteiger partial charge is 0.480 e. The van der Waals surface area contributed by atoms with Crippen molar-refractivity contribution >= 4 is 11.9 Å². The summed E-state index contributed by atoms with van der Waals surface area (Å²) in [5.74, 6) is -0.858. The monoisotopic (exact) mass is 410 g/mol. The van der Waals surface area contributed by atoms with Crippen molar-refractivity contribution in [1.82, 2.24) is 5.32 Å². The lowest BCUT2D eigenvalue weighted by Crippen LogP contribution is -2.30. The highest BCUT2D eigenvalue weighted by molar-refractivity contribution is 5.75. The minimum atomic E-state index is -0.960. The van der Waals surface area contributed by atoms with Gasteiger partial charge in [0.2, 0.25) is 5.91 Å². The van der Waals surface area contributed by atoms with Crippen LogP contribution in [0.4, 0.5) is 0 Å². The maximum absolute atomic E-state index is 11.7. The number of amides is 1. The van der Waals surface area contributed by atoms with E-state index in [0.29, 0.717) is 19.4 Å². The van der Waals surface area contributed by atoms with Gasteiger partial charge in [0.15, 0.2) is 0 Å². The number of nitrogens with two attached hydrogens (primary N) is 1. The number of allylic oxidation sites excluding steroid dienone is 2. The van der Waals surface area contributed by atoms with Gasteiger partial charge >= 0.3 is 5.97 Å². The van der Waals surface area contributed by atoms with Gasteiger partial charge in [-0.3, -0.25) is 9.59 Å². The molecule has 0 aromatic carbocycles. The Morgan fingerprint density at radius 3 is 1.97 bits per heavy atom. The van der Waals surface area contributed by atoms with Crippen molar-refractivity contribution in [2.24, 2.45) is 5.73 Å². The Morgan fingerprint density at radius 1 is 0.828 bits per heavy atom. The van der Waals surface area contributed by atoms with Gasteiger partial charge in [0.05, 0.1) is 0 Å². The number of carbonyl (C=O) groups excluding carboxylic acids is 1. The predicted octanol–water partition coefficient (Wildman–Crippen LogP) is 5.72. The second kappa shape index (κ2) is 21.4. The van der Waals surface area contributed by atoms with E-state index in [1.165, 1.54) is 70.6 Å². The van der Waals surface area contributed by atoms with E-state index in [4.69, 9.17) is 10.8 Å². The zero-order valence-electron chi connectivity index (χ0n) is 18.8.